The third kappa shape index (κ3) is 2.65. The highest BCUT2D eigenvalue weighted by Gasteiger charge is 1.96. The van der Waals surface area contributed by atoms with Crippen LogP contribution in [0.2, 0.25) is 0 Å². The Bertz CT molecular complexity index is 733. The fourth-order valence-corrected chi connectivity index (χ4v) is 1.81. The summed E-state index contributed by atoms with van der Waals surface area (Å²) in [6, 6.07) is 14.0. The molecular formula is C16H11FN2. The molecule has 2 aromatic carbocycles. The molecule has 0 unspecified atom stereocenters. The van der Waals surface area contributed by atoms with Crippen LogP contribution in [0.5, 0.6) is 0 Å². The minimum Gasteiger partial charge on any atom is -0.252 e. The smallest absolute Gasteiger partial charge is 0.123 e. The summed E-state index contributed by atoms with van der Waals surface area (Å²) >= 11 is 0. The molecule has 3 aromatic rings. The number of rotatable bonds is 2. The number of fused-ring (bicyclic) bond motifs is 1. The van der Waals surface area contributed by atoms with Crippen molar-refractivity contribution < 1.29 is 4.39 Å². The number of halogens is 1. The SMILES string of the molecule is Fc1ccc(C=Cc2cnc3ccccc3n2)cc1. The second-order valence-corrected chi connectivity index (χ2v) is 4.17. The molecule has 0 fully saturated rings. The molecule has 1 aromatic heterocycles. The topological polar surface area (TPSA) is 25.8 Å². The van der Waals surface area contributed by atoms with Crippen molar-refractivity contribution in [2.75, 3.05) is 0 Å². The second kappa shape index (κ2) is 4.98. The van der Waals surface area contributed by atoms with Gasteiger partial charge >= 0.3 is 0 Å². The van der Waals surface area contributed by atoms with Gasteiger partial charge in [0.05, 0.1) is 22.9 Å². The van der Waals surface area contributed by atoms with Gasteiger partial charge in [-0.05, 0) is 35.9 Å². The lowest BCUT2D eigenvalue weighted by Gasteiger charge is -1.97. The summed E-state index contributed by atoms with van der Waals surface area (Å²) in [6.45, 7) is 0. The van der Waals surface area contributed by atoms with Gasteiger partial charge in [-0.15, -0.1) is 0 Å². The number of para-hydroxylation sites is 2. The van der Waals surface area contributed by atoms with Gasteiger partial charge in [-0.25, -0.2) is 9.37 Å². The number of hydrogen-bond acceptors (Lipinski definition) is 2. The van der Waals surface area contributed by atoms with Crippen LogP contribution in [0.3, 0.4) is 0 Å². The van der Waals surface area contributed by atoms with Crippen LogP contribution in [0.15, 0.2) is 54.7 Å². The van der Waals surface area contributed by atoms with Crippen LogP contribution in [0, 0.1) is 5.82 Å². The molecule has 0 aliphatic carbocycles. The Morgan fingerprint density at radius 2 is 1.58 bits per heavy atom. The highest BCUT2D eigenvalue weighted by atomic mass is 19.1. The van der Waals surface area contributed by atoms with E-state index in [2.05, 4.69) is 9.97 Å². The molecule has 0 N–H and O–H groups in total. The molecule has 0 aliphatic rings. The van der Waals surface area contributed by atoms with Gasteiger partial charge in [0, 0.05) is 0 Å². The molecule has 1 heterocycles. The lowest BCUT2D eigenvalue weighted by atomic mass is 10.2. The van der Waals surface area contributed by atoms with E-state index in [1.807, 2.05) is 36.4 Å². The van der Waals surface area contributed by atoms with E-state index in [4.69, 9.17) is 0 Å². The quantitative estimate of drug-likeness (QED) is 0.688. The standard InChI is InChI=1S/C16H11FN2/c17-13-8-5-12(6-9-13)7-10-14-11-18-15-3-1-2-4-16(15)19-14/h1-11H. The van der Waals surface area contributed by atoms with Gasteiger partial charge in [0.25, 0.3) is 0 Å². The molecule has 3 heteroatoms. The molecule has 0 atom stereocenters. The molecule has 0 amide bonds. The van der Waals surface area contributed by atoms with Gasteiger partial charge in [0.2, 0.25) is 0 Å². The number of benzene rings is 2. The average Bonchev–Trinajstić information content (AvgIpc) is 2.46. The Balaban J connectivity index is 1.90. The predicted octanol–water partition coefficient (Wildman–Crippen LogP) is 3.94. The molecule has 0 saturated heterocycles. The maximum Gasteiger partial charge on any atom is 0.123 e. The first kappa shape index (κ1) is 11.5. The average molecular weight is 250 g/mol. The predicted molar refractivity (Wildman–Crippen MR) is 74.9 cm³/mol. The molecule has 3 rings (SSSR count). The maximum atomic E-state index is 12.8. The number of aromatic nitrogens is 2. The first-order valence-corrected chi connectivity index (χ1v) is 5.97. The van der Waals surface area contributed by atoms with Crippen molar-refractivity contribution in [3.05, 3.63) is 71.8 Å². The van der Waals surface area contributed by atoms with Gasteiger partial charge in [0.15, 0.2) is 0 Å². The van der Waals surface area contributed by atoms with Gasteiger partial charge in [-0.3, -0.25) is 4.98 Å². The van der Waals surface area contributed by atoms with E-state index < -0.39 is 0 Å². The van der Waals surface area contributed by atoms with E-state index in [1.54, 1.807) is 18.3 Å². The van der Waals surface area contributed by atoms with Crippen LogP contribution < -0.4 is 0 Å². The van der Waals surface area contributed by atoms with Crippen molar-refractivity contribution in [2.24, 2.45) is 0 Å². The zero-order valence-corrected chi connectivity index (χ0v) is 10.1. The number of hydrogen-bond donors (Lipinski definition) is 0. The second-order valence-electron chi connectivity index (χ2n) is 4.17. The lowest BCUT2D eigenvalue weighted by molar-refractivity contribution is 0.628. The zero-order chi connectivity index (χ0) is 13.1. The van der Waals surface area contributed by atoms with Gasteiger partial charge in [-0.2, -0.15) is 0 Å². The molecule has 92 valence electrons. The first-order chi connectivity index (χ1) is 9.31. The third-order valence-corrected chi connectivity index (χ3v) is 2.78. The van der Waals surface area contributed by atoms with Crippen LogP contribution >= 0.6 is 0 Å². The summed E-state index contributed by atoms with van der Waals surface area (Å²) < 4.78 is 12.8. The van der Waals surface area contributed by atoms with Crippen molar-refractivity contribution in [3.63, 3.8) is 0 Å². The van der Waals surface area contributed by atoms with Crippen molar-refractivity contribution in [3.8, 4) is 0 Å². The largest absolute Gasteiger partial charge is 0.252 e. The molecular weight excluding hydrogens is 239 g/mol. The Morgan fingerprint density at radius 1 is 0.842 bits per heavy atom. The fraction of sp³-hybridized carbons (Fsp3) is 0. The molecule has 2 nitrogen and oxygen atoms in total. The van der Waals surface area contributed by atoms with Crippen LogP contribution in [0.1, 0.15) is 11.3 Å². The van der Waals surface area contributed by atoms with E-state index in [0.29, 0.717) is 0 Å². The highest BCUT2D eigenvalue weighted by Crippen LogP contribution is 2.11. The van der Waals surface area contributed by atoms with Gasteiger partial charge < -0.3 is 0 Å². The van der Waals surface area contributed by atoms with E-state index >= 15 is 0 Å². The van der Waals surface area contributed by atoms with E-state index in [0.717, 1.165) is 22.3 Å². The Labute approximate surface area is 110 Å². The Kier molecular flexibility index (Phi) is 3.02. The Morgan fingerprint density at radius 3 is 2.37 bits per heavy atom. The van der Waals surface area contributed by atoms with Crippen molar-refractivity contribution in [1.82, 2.24) is 9.97 Å². The minimum atomic E-state index is -0.234. The summed E-state index contributed by atoms with van der Waals surface area (Å²) in [6.07, 6.45) is 5.48. The first-order valence-electron chi connectivity index (χ1n) is 5.97. The zero-order valence-electron chi connectivity index (χ0n) is 10.1. The van der Waals surface area contributed by atoms with Crippen molar-refractivity contribution >= 4 is 23.2 Å². The fourth-order valence-electron chi connectivity index (χ4n) is 1.81. The third-order valence-electron chi connectivity index (χ3n) is 2.78. The monoisotopic (exact) mass is 250 g/mol. The van der Waals surface area contributed by atoms with Crippen LogP contribution in [0.25, 0.3) is 23.2 Å². The maximum absolute atomic E-state index is 12.8. The molecule has 0 saturated carbocycles. The summed E-state index contributed by atoms with van der Waals surface area (Å²) in [5.74, 6) is -0.234. The van der Waals surface area contributed by atoms with E-state index in [-0.39, 0.29) is 5.82 Å². The molecule has 0 aliphatic heterocycles. The molecule has 19 heavy (non-hydrogen) atoms. The molecule has 0 spiro atoms. The summed E-state index contributed by atoms with van der Waals surface area (Å²) in [5, 5.41) is 0. The Hall–Kier alpha value is -2.55. The summed E-state index contributed by atoms with van der Waals surface area (Å²) in [7, 11) is 0. The highest BCUT2D eigenvalue weighted by molar-refractivity contribution is 5.76. The summed E-state index contributed by atoms with van der Waals surface area (Å²) in [5.41, 5.74) is 3.45. The van der Waals surface area contributed by atoms with E-state index in [9.17, 15) is 4.39 Å². The van der Waals surface area contributed by atoms with Crippen molar-refractivity contribution in [2.45, 2.75) is 0 Å². The van der Waals surface area contributed by atoms with Crippen LogP contribution in [-0.4, -0.2) is 9.97 Å². The lowest BCUT2D eigenvalue weighted by Crippen LogP contribution is -1.86. The van der Waals surface area contributed by atoms with Gasteiger partial charge in [0.1, 0.15) is 5.82 Å². The number of nitrogens with zero attached hydrogens (tertiary/aromatic N) is 2. The van der Waals surface area contributed by atoms with Gasteiger partial charge in [-0.1, -0.05) is 30.3 Å². The normalized spacial score (nSPS) is 11.2. The van der Waals surface area contributed by atoms with Crippen LogP contribution in [0.4, 0.5) is 4.39 Å². The minimum absolute atomic E-state index is 0.234. The molecule has 0 bridgehead atoms. The summed E-state index contributed by atoms with van der Waals surface area (Å²) in [4.78, 5) is 8.82. The molecule has 0 radical (unpaired) electrons. The van der Waals surface area contributed by atoms with Crippen molar-refractivity contribution in [1.29, 1.82) is 0 Å². The van der Waals surface area contributed by atoms with Crippen LogP contribution in [-0.2, 0) is 0 Å². The van der Waals surface area contributed by atoms with E-state index in [1.165, 1.54) is 12.1 Å².